The van der Waals surface area contributed by atoms with Crippen molar-refractivity contribution in [3.05, 3.63) is 57.5 Å². The largest absolute Gasteiger partial charge is 0.507 e. The van der Waals surface area contributed by atoms with E-state index in [9.17, 15) is 28.3 Å². The third-order valence-electron chi connectivity index (χ3n) is 5.37. The number of oxime groups is 1. The zero-order chi connectivity index (χ0) is 25.0. The van der Waals surface area contributed by atoms with Crippen molar-refractivity contribution in [3.63, 3.8) is 0 Å². The summed E-state index contributed by atoms with van der Waals surface area (Å²) in [6, 6.07) is 6.56. The average molecular weight is 496 g/mol. The summed E-state index contributed by atoms with van der Waals surface area (Å²) in [4.78, 5) is 11.6. The number of aryl methyl sites for hydroxylation is 3. The molecule has 0 aliphatic rings. The van der Waals surface area contributed by atoms with Crippen molar-refractivity contribution in [2.75, 3.05) is 6.61 Å². The molecule has 1 aromatic heterocycles. The third-order valence-corrected chi connectivity index (χ3v) is 6.62. The average Bonchev–Trinajstić information content (AvgIpc) is 3.11. The number of rotatable bonds is 9. The van der Waals surface area contributed by atoms with Gasteiger partial charge in [-0.1, -0.05) is 24.6 Å². The van der Waals surface area contributed by atoms with Gasteiger partial charge in [0.05, 0.1) is 11.3 Å². The van der Waals surface area contributed by atoms with Crippen LogP contribution in [0.15, 0.2) is 35.5 Å². The molecular formula is C24H24F3NO5S. The second kappa shape index (κ2) is 10.3. The molecule has 182 valence electrons. The highest BCUT2D eigenvalue weighted by Crippen LogP contribution is 2.38. The summed E-state index contributed by atoms with van der Waals surface area (Å²) in [5.74, 6) is -1.20. The van der Waals surface area contributed by atoms with Gasteiger partial charge in [0.15, 0.2) is 6.61 Å². The molecule has 3 N–H and O–H groups in total. The normalized spacial score (nSPS) is 12.3. The second-order valence-electron chi connectivity index (χ2n) is 7.83. The predicted molar refractivity (Wildman–Crippen MR) is 123 cm³/mol. The smallest absolute Gasteiger partial charge is 0.416 e. The van der Waals surface area contributed by atoms with Gasteiger partial charge in [0, 0.05) is 21.2 Å². The van der Waals surface area contributed by atoms with Crippen LogP contribution in [-0.2, 0) is 23.8 Å². The van der Waals surface area contributed by atoms with Crippen molar-refractivity contribution in [1.82, 2.24) is 0 Å². The summed E-state index contributed by atoms with van der Waals surface area (Å²) in [5.41, 5.74) is 1.29. The number of phenolic OH excluding ortho intramolecular Hbond substituents is 1. The molecule has 3 aromatic rings. The Morgan fingerprint density at radius 1 is 1.18 bits per heavy atom. The number of hydrogen-bond acceptors (Lipinski definition) is 6. The highest BCUT2D eigenvalue weighted by atomic mass is 32.1. The Kier molecular flexibility index (Phi) is 7.71. The SMILES string of the molecule is CCCc1c(CCC(=NO)c2cc(C)c(OCC(=O)O)cc2O)sc2cc(C(F)(F)F)ccc12. The summed E-state index contributed by atoms with van der Waals surface area (Å²) in [6.45, 7) is 3.09. The number of fused-ring (bicyclic) bond motifs is 1. The monoisotopic (exact) mass is 495 g/mol. The van der Waals surface area contributed by atoms with Gasteiger partial charge >= 0.3 is 12.1 Å². The minimum atomic E-state index is -4.42. The molecule has 0 unspecified atom stereocenters. The van der Waals surface area contributed by atoms with Gasteiger partial charge in [0.1, 0.15) is 11.5 Å². The quantitative estimate of drug-likeness (QED) is 0.188. The summed E-state index contributed by atoms with van der Waals surface area (Å²) < 4.78 is 45.1. The van der Waals surface area contributed by atoms with Gasteiger partial charge in [0.25, 0.3) is 0 Å². The maximum atomic E-state index is 13.1. The molecule has 0 radical (unpaired) electrons. The molecule has 0 aliphatic heterocycles. The summed E-state index contributed by atoms with van der Waals surface area (Å²) in [7, 11) is 0. The zero-order valence-corrected chi connectivity index (χ0v) is 19.4. The molecule has 0 saturated heterocycles. The van der Waals surface area contributed by atoms with Crippen LogP contribution in [0.4, 0.5) is 13.2 Å². The van der Waals surface area contributed by atoms with E-state index in [1.165, 1.54) is 29.5 Å². The highest BCUT2D eigenvalue weighted by molar-refractivity contribution is 7.19. The van der Waals surface area contributed by atoms with Crippen molar-refractivity contribution in [2.24, 2.45) is 5.16 Å². The lowest BCUT2D eigenvalue weighted by Gasteiger charge is -2.12. The number of carboxylic acid groups (broad SMARTS) is 1. The van der Waals surface area contributed by atoms with E-state index >= 15 is 0 Å². The van der Waals surface area contributed by atoms with Gasteiger partial charge < -0.3 is 20.2 Å². The fourth-order valence-electron chi connectivity index (χ4n) is 3.78. The lowest BCUT2D eigenvalue weighted by Crippen LogP contribution is -2.11. The summed E-state index contributed by atoms with van der Waals surface area (Å²) in [6.07, 6.45) is -2.26. The maximum Gasteiger partial charge on any atom is 0.416 e. The van der Waals surface area contributed by atoms with E-state index in [1.807, 2.05) is 6.92 Å². The molecule has 0 amide bonds. The van der Waals surface area contributed by atoms with E-state index < -0.39 is 24.3 Å². The lowest BCUT2D eigenvalue weighted by atomic mass is 9.98. The number of nitrogens with zero attached hydrogens (tertiary/aromatic N) is 1. The van der Waals surface area contributed by atoms with Crippen LogP contribution in [0.3, 0.4) is 0 Å². The van der Waals surface area contributed by atoms with Gasteiger partial charge in [-0.3, -0.25) is 0 Å². The first-order valence-electron chi connectivity index (χ1n) is 10.6. The molecular weight excluding hydrogens is 471 g/mol. The van der Waals surface area contributed by atoms with E-state index in [2.05, 4.69) is 5.16 Å². The topological polar surface area (TPSA) is 99.4 Å². The summed E-state index contributed by atoms with van der Waals surface area (Å²) >= 11 is 1.29. The van der Waals surface area contributed by atoms with Gasteiger partial charge in [0.2, 0.25) is 0 Å². The Labute approximate surface area is 197 Å². The molecule has 0 spiro atoms. The molecule has 0 atom stereocenters. The van der Waals surface area contributed by atoms with Crippen LogP contribution >= 0.6 is 11.3 Å². The number of carboxylic acids is 1. The van der Waals surface area contributed by atoms with Crippen molar-refractivity contribution in [2.45, 2.75) is 45.7 Å². The fourth-order valence-corrected chi connectivity index (χ4v) is 5.07. The van der Waals surface area contributed by atoms with E-state index in [-0.39, 0.29) is 29.2 Å². The number of carbonyl (C=O) groups is 1. The highest BCUT2D eigenvalue weighted by Gasteiger charge is 2.31. The first-order chi connectivity index (χ1) is 16.0. The first-order valence-corrected chi connectivity index (χ1v) is 11.4. The number of hydrogen-bond donors (Lipinski definition) is 3. The van der Waals surface area contributed by atoms with E-state index in [4.69, 9.17) is 9.84 Å². The van der Waals surface area contributed by atoms with Gasteiger partial charge in [-0.15, -0.1) is 11.3 Å². The van der Waals surface area contributed by atoms with Crippen LogP contribution in [0.1, 0.15) is 46.9 Å². The summed E-state index contributed by atoms with van der Waals surface area (Å²) in [5, 5.41) is 32.9. The van der Waals surface area contributed by atoms with Crippen LogP contribution in [0.2, 0.25) is 0 Å². The molecule has 0 fully saturated rings. The molecule has 3 rings (SSSR count). The van der Waals surface area contributed by atoms with Crippen LogP contribution in [0.25, 0.3) is 10.1 Å². The lowest BCUT2D eigenvalue weighted by molar-refractivity contribution is -0.139. The molecule has 0 bridgehead atoms. The number of halogens is 3. The Balaban J connectivity index is 1.88. The van der Waals surface area contributed by atoms with Crippen LogP contribution < -0.4 is 4.74 Å². The number of phenols is 1. The number of benzene rings is 2. The second-order valence-corrected chi connectivity index (χ2v) is 8.96. The van der Waals surface area contributed by atoms with Crippen molar-refractivity contribution < 1.29 is 38.1 Å². The Bertz CT molecular complexity index is 1230. The minimum absolute atomic E-state index is 0.191. The first kappa shape index (κ1) is 25.4. The number of ether oxygens (including phenoxy) is 1. The minimum Gasteiger partial charge on any atom is -0.507 e. The van der Waals surface area contributed by atoms with Gasteiger partial charge in [-0.25, -0.2) is 4.79 Å². The fraction of sp³-hybridized carbons (Fsp3) is 0.333. The molecule has 0 saturated carbocycles. The molecule has 2 aromatic carbocycles. The van der Waals surface area contributed by atoms with E-state index in [0.717, 1.165) is 34.4 Å². The predicted octanol–water partition coefficient (Wildman–Crippen LogP) is 6.16. The van der Waals surface area contributed by atoms with E-state index in [1.54, 1.807) is 6.92 Å². The van der Waals surface area contributed by atoms with Crippen LogP contribution in [0, 0.1) is 6.92 Å². The Morgan fingerprint density at radius 3 is 2.53 bits per heavy atom. The van der Waals surface area contributed by atoms with Crippen LogP contribution in [0.5, 0.6) is 11.5 Å². The molecule has 34 heavy (non-hydrogen) atoms. The molecule has 0 aliphatic carbocycles. The number of aromatic hydroxyl groups is 1. The van der Waals surface area contributed by atoms with Crippen molar-refractivity contribution in [1.29, 1.82) is 0 Å². The number of thiophene rings is 1. The standard InChI is InChI=1S/C24H24F3NO5S/c1-3-4-15-16-6-5-14(24(25,26)27)10-22(16)34-21(15)8-7-18(28-32)17-9-13(2)20(11-19(17)29)33-12-23(30)31/h5-6,9-11,29,32H,3-4,7-8,12H2,1-2H3,(H,30,31). The molecule has 1 heterocycles. The Morgan fingerprint density at radius 2 is 1.91 bits per heavy atom. The van der Waals surface area contributed by atoms with Crippen molar-refractivity contribution >= 4 is 33.1 Å². The van der Waals surface area contributed by atoms with Crippen LogP contribution in [-0.4, -0.2) is 33.7 Å². The van der Waals surface area contributed by atoms with Crippen molar-refractivity contribution in [3.8, 4) is 11.5 Å². The number of alkyl halides is 3. The Hall–Kier alpha value is -3.27. The van der Waals surface area contributed by atoms with Gasteiger partial charge in [-0.2, -0.15) is 13.2 Å². The molecule has 10 heteroatoms. The maximum absolute atomic E-state index is 13.1. The van der Waals surface area contributed by atoms with Gasteiger partial charge in [-0.05, 0) is 60.9 Å². The number of aliphatic carboxylic acids is 1. The zero-order valence-electron chi connectivity index (χ0n) is 18.6. The third kappa shape index (κ3) is 5.61. The molecule has 6 nitrogen and oxygen atoms in total. The van der Waals surface area contributed by atoms with E-state index in [0.29, 0.717) is 23.1 Å².